The number of carbonyl (C=O) groups excluding carboxylic acids is 2. The highest BCUT2D eigenvalue weighted by molar-refractivity contribution is 5.88. The van der Waals surface area contributed by atoms with Gasteiger partial charge in [-0.1, -0.05) is 0 Å². The van der Waals surface area contributed by atoms with Crippen LogP contribution in [0.4, 0.5) is 5.69 Å². The predicted molar refractivity (Wildman–Crippen MR) is 78.2 cm³/mol. The highest BCUT2D eigenvalue weighted by Gasteiger charge is 2.21. The van der Waals surface area contributed by atoms with Gasteiger partial charge in [0.15, 0.2) is 6.61 Å². The Morgan fingerprint density at radius 2 is 2.10 bits per heavy atom. The first kappa shape index (κ1) is 15.3. The molecular weight excluding hydrogens is 272 g/mol. The number of hydrogen-bond acceptors (Lipinski definition) is 4. The van der Waals surface area contributed by atoms with E-state index in [9.17, 15) is 9.59 Å². The van der Waals surface area contributed by atoms with Gasteiger partial charge >= 0.3 is 0 Å². The molecule has 21 heavy (non-hydrogen) atoms. The van der Waals surface area contributed by atoms with Gasteiger partial charge in [0.1, 0.15) is 5.75 Å². The van der Waals surface area contributed by atoms with Crippen LogP contribution in [0.15, 0.2) is 24.3 Å². The fourth-order valence-electron chi connectivity index (χ4n) is 2.12. The van der Waals surface area contributed by atoms with E-state index in [4.69, 9.17) is 9.47 Å². The zero-order valence-electron chi connectivity index (χ0n) is 12.3. The van der Waals surface area contributed by atoms with E-state index in [1.807, 2.05) is 6.92 Å². The van der Waals surface area contributed by atoms with Crippen molar-refractivity contribution in [2.24, 2.45) is 0 Å². The van der Waals surface area contributed by atoms with Crippen molar-refractivity contribution in [1.29, 1.82) is 0 Å². The third-order valence-corrected chi connectivity index (χ3v) is 3.13. The summed E-state index contributed by atoms with van der Waals surface area (Å²) in [6.07, 6.45) is 0.0691. The molecule has 0 saturated carbocycles. The molecule has 2 rings (SSSR count). The van der Waals surface area contributed by atoms with Crippen molar-refractivity contribution in [3.8, 4) is 5.75 Å². The first-order valence-corrected chi connectivity index (χ1v) is 6.94. The van der Waals surface area contributed by atoms with E-state index in [2.05, 4.69) is 5.32 Å². The smallest absolute Gasteiger partial charge is 0.260 e. The number of ether oxygens (including phenoxy) is 2. The minimum atomic E-state index is -0.125. The van der Waals surface area contributed by atoms with E-state index in [1.54, 1.807) is 29.2 Å². The summed E-state index contributed by atoms with van der Waals surface area (Å²) in [5.74, 6) is 0.426. The van der Waals surface area contributed by atoms with E-state index < -0.39 is 0 Å². The SMILES string of the molecule is CC(=O)Nc1ccc(OCC(=O)N2CCO[C@@H](C)C2)cc1. The Morgan fingerprint density at radius 3 is 2.71 bits per heavy atom. The van der Waals surface area contributed by atoms with Crippen LogP contribution in [0.1, 0.15) is 13.8 Å². The molecule has 1 aliphatic heterocycles. The molecule has 0 radical (unpaired) electrons. The number of morpholine rings is 1. The molecule has 1 heterocycles. The topological polar surface area (TPSA) is 67.9 Å². The lowest BCUT2D eigenvalue weighted by Gasteiger charge is -2.31. The lowest BCUT2D eigenvalue weighted by molar-refractivity contribution is -0.140. The van der Waals surface area contributed by atoms with Gasteiger partial charge in [-0.15, -0.1) is 0 Å². The minimum Gasteiger partial charge on any atom is -0.484 e. The minimum absolute atomic E-state index is 0.00615. The molecule has 1 N–H and O–H groups in total. The lowest BCUT2D eigenvalue weighted by atomic mass is 10.3. The van der Waals surface area contributed by atoms with E-state index in [0.29, 0.717) is 31.1 Å². The molecule has 1 atom stereocenters. The van der Waals surface area contributed by atoms with Crippen molar-refractivity contribution in [3.05, 3.63) is 24.3 Å². The first-order chi connectivity index (χ1) is 10.0. The monoisotopic (exact) mass is 292 g/mol. The molecule has 1 aromatic carbocycles. The number of rotatable bonds is 4. The van der Waals surface area contributed by atoms with Gasteiger partial charge < -0.3 is 19.7 Å². The van der Waals surface area contributed by atoms with Gasteiger partial charge in [-0.2, -0.15) is 0 Å². The number of amides is 2. The fraction of sp³-hybridized carbons (Fsp3) is 0.467. The highest BCUT2D eigenvalue weighted by atomic mass is 16.5. The van der Waals surface area contributed by atoms with Crippen LogP contribution in [-0.2, 0) is 14.3 Å². The number of benzene rings is 1. The Balaban J connectivity index is 1.82. The molecule has 0 unspecified atom stereocenters. The van der Waals surface area contributed by atoms with Crippen molar-refractivity contribution < 1.29 is 19.1 Å². The average molecular weight is 292 g/mol. The maximum absolute atomic E-state index is 12.0. The van der Waals surface area contributed by atoms with E-state index in [1.165, 1.54) is 6.92 Å². The summed E-state index contributed by atoms with van der Waals surface area (Å²) in [6, 6.07) is 6.91. The number of carbonyl (C=O) groups is 2. The van der Waals surface area contributed by atoms with Crippen molar-refractivity contribution >= 4 is 17.5 Å². The maximum atomic E-state index is 12.0. The van der Waals surface area contributed by atoms with Gasteiger partial charge in [0.25, 0.3) is 5.91 Å². The Bertz CT molecular complexity index is 501. The zero-order chi connectivity index (χ0) is 15.2. The molecule has 114 valence electrons. The van der Waals surface area contributed by atoms with Crippen LogP contribution >= 0.6 is 0 Å². The first-order valence-electron chi connectivity index (χ1n) is 6.94. The predicted octanol–water partition coefficient (Wildman–Crippen LogP) is 1.27. The van der Waals surface area contributed by atoms with Crippen molar-refractivity contribution in [2.75, 3.05) is 31.6 Å². The number of anilines is 1. The molecule has 1 fully saturated rings. The fourth-order valence-corrected chi connectivity index (χ4v) is 2.12. The van der Waals surface area contributed by atoms with Crippen LogP contribution in [0, 0.1) is 0 Å². The Labute approximate surface area is 124 Å². The standard InChI is InChI=1S/C15H20N2O4/c1-11-9-17(7-8-20-11)15(19)10-21-14-5-3-13(4-6-14)16-12(2)18/h3-6,11H,7-10H2,1-2H3,(H,16,18)/t11-/m0/s1. The summed E-state index contributed by atoms with van der Waals surface area (Å²) in [4.78, 5) is 24.7. The number of nitrogens with one attached hydrogen (secondary N) is 1. The van der Waals surface area contributed by atoms with E-state index in [0.717, 1.165) is 0 Å². The molecule has 0 aliphatic carbocycles. The van der Waals surface area contributed by atoms with Crippen LogP contribution in [0.25, 0.3) is 0 Å². The molecule has 1 saturated heterocycles. The third-order valence-electron chi connectivity index (χ3n) is 3.13. The summed E-state index contributed by atoms with van der Waals surface area (Å²) in [5.41, 5.74) is 0.697. The molecule has 6 heteroatoms. The normalized spacial score (nSPS) is 18.2. The zero-order valence-corrected chi connectivity index (χ0v) is 12.3. The maximum Gasteiger partial charge on any atom is 0.260 e. The quantitative estimate of drug-likeness (QED) is 0.907. The molecule has 6 nitrogen and oxygen atoms in total. The Kier molecular flexibility index (Phi) is 5.16. The van der Waals surface area contributed by atoms with E-state index in [-0.39, 0.29) is 24.5 Å². The summed E-state index contributed by atoms with van der Waals surface area (Å²) < 4.78 is 10.9. The average Bonchev–Trinajstić information content (AvgIpc) is 2.45. The van der Waals surface area contributed by atoms with Crippen LogP contribution < -0.4 is 10.1 Å². The summed E-state index contributed by atoms with van der Waals surface area (Å²) in [7, 11) is 0. The Morgan fingerprint density at radius 1 is 1.38 bits per heavy atom. The molecule has 1 aromatic rings. The summed E-state index contributed by atoms with van der Waals surface area (Å²) >= 11 is 0. The van der Waals surface area contributed by atoms with Crippen molar-refractivity contribution in [3.63, 3.8) is 0 Å². The van der Waals surface area contributed by atoms with Crippen molar-refractivity contribution in [1.82, 2.24) is 4.90 Å². The van der Waals surface area contributed by atoms with Gasteiger partial charge in [0, 0.05) is 25.7 Å². The van der Waals surface area contributed by atoms with Gasteiger partial charge in [0.2, 0.25) is 5.91 Å². The van der Waals surface area contributed by atoms with Crippen molar-refractivity contribution in [2.45, 2.75) is 20.0 Å². The number of hydrogen-bond donors (Lipinski definition) is 1. The third kappa shape index (κ3) is 4.75. The van der Waals surface area contributed by atoms with Gasteiger partial charge in [0.05, 0.1) is 12.7 Å². The second-order valence-electron chi connectivity index (χ2n) is 5.02. The van der Waals surface area contributed by atoms with Gasteiger partial charge in [-0.25, -0.2) is 0 Å². The molecular formula is C15H20N2O4. The molecule has 0 bridgehead atoms. The van der Waals surface area contributed by atoms with Crippen LogP contribution in [0.5, 0.6) is 5.75 Å². The molecule has 2 amide bonds. The largest absolute Gasteiger partial charge is 0.484 e. The summed E-state index contributed by atoms with van der Waals surface area (Å²) in [5, 5.41) is 2.67. The second-order valence-corrected chi connectivity index (χ2v) is 5.02. The Hall–Kier alpha value is -2.08. The highest BCUT2D eigenvalue weighted by Crippen LogP contribution is 2.16. The summed E-state index contributed by atoms with van der Waals surface area (Å²) in [6.45, 7) is 5.18. The van der Waals surface area contributed by atoms with E-state index >= 15 is 0 Å². The van der Waals surface area contributed by atoms with Crippen LogP contribution in [0.2, 0.25) is 0 Å². The molecule has 1 aliphatic rings. The van der Waals surface area contributed by atoms with Gasteiger partial charge in [-0.05, 0) is 31.2 Å². The lowest BCUT2D eigenvalue weighted by Crippen LogP contribution is -2.46. The molecule has 0 spiro atoms. The molecule has 0 aromatic heterocycles. The van der Waals surface area contributed by atoms with Gasteiger partial charge in [-0.3, -0.25) is 9.59 Å². The number of nitrogens with zero attached hydrogens (tertiary/aromatic N) is 1. The van der Waals surface area contributed by atoms with Crippen LogP contribution in [0.3, 0.4) is 0 Å². The second kappa shape index (κ2) is 7.08. The van der Waals surface area contributed by atoms with Crippen LogP contribution in [-0.4, -0.2) is 49.1 Å².